The molecule has 0 spiro atoms. The van der Waals surface area contributed by atoms with Gasteiger partial charge in [-0.05, 0) is 18.3 Å². The highest BCUT2D eigenvalue weighted by atomic mass is 16.6. The SMILES string of the molecule is CNC(=O)OC(C(C)(C)C)C1(COCCOC)CCCC1. The molecule has 124 valence electrons. The van der Waals surface area contributed by atoms with Crippen molar-refractivity contribution in [2.24, 2.45) is 10.8 Å². The second-order valence-corrected chi connectivity index (χ2v) is 7.02. The molecule has 1 unspecified atom stereocenters. The number of rotatable bonds is 7. The van der Waals surface area contributed by atoms with Gasteiger partial charge >= 0.3 is 6.09 Å². The number of nitrogens with one attached hydrogen (secondary N) is 1. The van der Waals surface area contributed by atoms with Crippen LogP contribution >= 0.6 is 0 Å². The van der Waals surface area contributed by atoms with Crippen LogP contribution < -0.4 is 5.32 Å². The number of methoxy groups -OCH3 is 1. The summed E-state index contributed by atoms with van der Waals surface area (Å²) in [4.78, 5) is 11.7. The molecule has 1 aliphatic carbocycles. The first-order valence-corrected chi connectivity index (χ1v) is 7.81. The fourth-order valence-electron chi connectivity index (χ4n) is 3.37. The first kappa shape index (κ1) is 18.2. The fraction of sp³-hybridized carbons (Fsp3) is 0.938. The maximum atomic E-state index is 11.7. The van der Waals surface area contributed by atoms with Crippen LogP contribution in [0.15, 0.2) is 0 Å². The molecule has 21 heavy (non-hydrogen) atoms. The maximum Gasteiger partial charge on any atom is 0.407 e. The Kier molecular flexibility index (Phi) is 6.94. The van der Waals surface area contributed by atoms with Crippen LogP contribution in [0.2, 0.25) is 0 Å². The van der Waals surface area contributed by atoms with Crippen LogP contribution in [0.1, 0.15) is 46.5 Å². The Morgan fingerprint density at radius 2 is 1.86 bits per heavy atom. The number of ether oxygens (including phenoxy) is 3. The molecular weight excluding hydrogens is 270 g/mol. The Bertz CT molecular complexity index is 319. The number of hydrogen-bond donors (Lipinski definition) is 1. The van der Waals surface area contributed by atoms with Crippen molar-refractivity contribution < 1.29 is 19.0 Å². The van der Waals surface area contributed by atoms with Crippen molar-refractivity contribution in [1.29, 1.82) is 0 Å². The third kappa shape index (κ3) is 5.15. The molecule has 1 aliphatic rings. The molecule has 1 saturated carbocycles. The van der Waals surface area contributed by atoms with Gasteiger partial charge in [0.1, 0.15) is 6.10 Å². The van der Waals surface area contributed by atoms with Crippen LogP contribution in [-0.2, 0) is 14.2 Å². The van der Waals surface area contributed by atoms with Crippen molar-refractivity contribution in [2.45, 2.75) is 52.6 Å². The lowest BCUT2D eigenvalue weighted by Gasteiger charge is -2.43. The third-order valence-electron chi connectivity index (χ3n) is 4.19. The monoisotopic (exact) mass is 301 g/mol. The molecule has 1 fully saturated rings. The Morgan fingerprint density at radius 3 is 2.33 bits per heavy atom. The van der Waals surface area contributed by atoms with E-state index in [0.29, 0.717) is 19.8 Å². The van der Waals surface area contributed by atoms with Gasteiger partial charge in [0.25, 0.3) is 0 Å². The van der Waals surface area contributed by atoms with E-state index in [4.69, 9.17) is 14.2 Å². The number of hydrogen-bond acceptors (Lipinski definition) is 4. The van der Waals surface area contributed by atoms with Gasteiger partial charge in [0.2, 0.25) is 0 Å². The minimum absolute atomic E-state index is 0.0848. The summed E-state index contributed by atoms with van der Waals surface area (Å²) in [5.41, 5.74) is -0.208. The van der Waals surface area contributed by atoms with E-state index in [9.17, 15) is 4.79 Å². The van der Waals surface area contributed by atoms with Crippen molar-refractivity contribution >= 4 is 6.09 Å². The summed E-state index contributed by atoms with van der Waals surface area (Å²) in [7, 11) is 3.26. The standard InChI is InChI=1S/C16H31NO4/c1-15(2,3)13(21-14(18)17-4)16(8-6-7-9-16)12-20-11-10-19-5/h13H,6-12H2,1-5H3,(H,17,18). The Morgan fingerprint density at radius 1 is 1.24 bits per heavy atom. The van der Waals surface area contributed by atoms with Gasteiger partial charge < -0.3 is 19.5 Å². The minimum atomic E-state index is -0.363. The topological polar surface area (TPSA) is 56.8 Å². The number of alkyl carbamates (subject to hydrolysis) is 1. The third-order valence-corrected chi connectivity index (χ3v) is 4.19. The normalized spacial score (nSPS) is 19.3. The molecule has 5 nitrogen and oxygen atoms in total. The lowest BCUT2D eigenvalue weighted by Crippen LogP contribution is -2.49. The van der Waals surface area contributed by atoms with Gasteiger partial charge in [-0.15, -0.1) is 0 Å². The lowest BCUT2D eigenvalue weighted by atomic mass is 9.70. The molecule has 1 amide bonds. The number of carbonyl (C=O) groups is 1. The average Bonchev–Trinajstić information content (AvgIpc) is 2.89. The molecule has 0 aromatic heterocycles. The van der Waals surface area contributed by atoms with Crippen molar-refractivity contribution in [1.82, 2.24) is 5.32 Å². The van der Waals surface area contributed by atoms with E-state index in [0.717, 1.165) is 25.7 Å². The van der Waals surface area contributed by atoms with Crippen molar-refractivity contribution in [3.05, 3.63) is 0 Å². The van der Waals surface area contributed by atoms with Gasteiger partial charge in [-0.1, -0.05) is 33.6 Å². The zero-order chi connectivity index (χ0) is 15.9. The number of carbonyl (C=O) groups excluding carboxylic acids is 1. The van der Waals surface area contributed by atoms with Crippen molar-refractivity contribution in [3.8, 4) is 0 Å². The molecule has 0 saturated heterocycles. The zero-order valence-corrected chi connectivity index (χ0v) is 14.2. The van der Waals surface area contributed by atoms with E-state index < -0.39 is 0 Å². The molecule has 1 N–H and O–H groups in total. The molecule has 1 rings (SSSR count). The van der Waals surface area contributed by atoms with Gasteiger partial charge in [-0.25, -0.2) is 4.79 Å². The Balaban J connectivity index is 2.83. The highest BCUT2D eigenvalue weighted by molar-refractivity contribution is 5.67. The zero-order valence-electron chi connectivity index (χ0n) is 14.2. The first-order valence-electron chi connectivity index (χ1n) is 7.81. The van der Waals surface area contributed by atoms with Gasteiger partial charge in [-0.2, -0.15) is 0 Å². The van der Waals surface area contributed by atoms with Gasteiger partial charge in [0.15, 0.2) is 0 Å². The largest absolute Gasteiger partial charge is 0.445 e. The summed E-state index contributed by atoms with van der Waals surface area (Å²) in [6.45, 7) is 8.15. The molecule has 0 aromatic rings. The molecule has 5 heteroatoms. The highest BCUT2D eigenvalue weighted by Crippen LogP contribution is 2.48. The van der Waals surface area contributed by atoms with Crippen LogP contribution in [0.3, 0.4) is 0 Å². The first-order chi connectivity index (χ1) is 9.85. The molecule has 1 atom stereocenters. The summed E-state index contributed by atoms with van der Waals surface area (Å²) < 4.78 is 16.6. The van der Waals surface area contributed by atoms with E-state index in [1.54, 1.807) is 14.2 Å². The predicted molar refractivity (Wildman–Crippen MR) is 82.4 cm³/mol. The second kappa shape index (κ2) is 7.99. The summed E-state index contributed by atoms with van der Waals surface area (Å²) in [5, 5.41) is 2.56. The maximum absolute atomic E-state index is 11.7. The Labute approximate surface area is 128 Å². The van der Waals surface area contributed by atoms with E-state index in [1.165, 1.54) is 0 Å². The van der Waals surface area contributed by atoms with Crippen molar-refractivity contribution in [2.75, 3.05) is 34.0 Å². The smallest absolute Gasteiger partial charge is 0.407 e. The fourth-order valence-corrected chi connectivity index (χ4v) is 3.37. The van der Waals surface area contributed by atoms with Gasteiger partial charge in [0, 0.05) is 19.6 Å². The van der Waals surface area contributed by atoms with Crippen LogP contribution in [0, 0.1) is 10.8 Å². The molecule has 0 aliphatic heterocycles. The van der Waals surface area contributed by atoms with Gasteiger partial charge in [-0.3, -0.25) is 0 Å². The van der Waals surface area contributed by atoms with Gasteiger partial charge in [0.05, 0.1) is 19.8 Å². The van der Waals surface area contributed by atoms with Crippen LogP contribution in [0.25, 0.3) is 0 Å². The predicted octanol–water partition coefficient (Wildman–Crippen LogP) is 2.98. The molecule has 0 heterocycles. The van der Waals surface area contributed by atoms with E-state index >= 15 is 0 Å². The summed E-state index contributed by atoms with van der Waals surface area (Å²) in [6.07, 6.45) is 3.89. The van der Waals surface area contributed by atoms with E-state index in [2.05, 4.69) is 26.1 Å². The summed E-state index contributed by atoms with van der Waals surface area (Å²) >= 11 is 0. The van der Waals surface area contributed by atoms with Crippen LogP contribution in [0.5, 0.6) is 0 Å². The molecule has 0 bridgehead atoms. The van der Waals surface area contributed by atoms with E-state index in [-0.39, 0.29) is 23.0 Å². The quantitative estimate of drug-likeness (QED) is 0.734. The van der Waals surface area contributed by atoms with Crippen LogP contribution in [-0.4, -0.2) is 46.2 Å². The summed E-state index contributed by atoms with van der Waals surface area (Å²) in [5.74, 6) is 0. The molecule has 0 radical (unpaired) electrons. The Hall–Kier alpha value is -0.810. The summed E-state index contributed by atoms with van der Waals surface area (Å²) in [6, 6.07) is 0. The number of amides is 1. The molecular formula is C16H31NO4. The lowest BCUT2D eigenvalue weighted by molar-refractivity contribution is -0.0975. The average molecular weight is 301 g/mol. The second-order valence-electron chi connectivity index (χ2n) is 7.02. The molecule has 0 aromatic carbocycles. The van der Waals surface area contributed by atoms with E-state index in [1.807, 2.05) is 0 Å². The van der Waals surface area contributed by atoms with Crippen molar-refractivity contribution in [3.63, 3.8) is 0 Å². The van der Waals surface area contributed by atoms with Crippen LogP contribution in [0.4, 0.5) is 4.79 Å². The highest BCUT2D eigenvalue weighted by Gasteiger charge is 2.49. The minimum Gasteiger partial charge on any atom is -0.445 e.